The maximum absolute atomic E-state index is 11.9. The summed E-state index contributed by atoms with van der Waals surface area (Å²) in [6.45, 7) is 3.82. The lowest BCUT2D eigenvalue weighted by Crippen LogP contribution is -2.42. The lowest BCUT2D eigenvalue weighted by Gasteiger charge is -2.34. The minimum atomic E-state index is -0.497. The standard InChI is InChI=1S/C13H17N3O/c1-9-15-13(2,8-12(17)16(9)3)10-5-4-6-11(14)7-10/h4-7H,8,14H2,1-3H3/t13-/m0/s1. The van der Waals surface area contributed by atoms with E-state index >= 15 is 0 Å². The Morgan fingerprint density at radius 3 is 2.76 bits per heavy atom. The molecule has 1 aromatic carbocycles. The van der Waals surface area contributed by atoms with E-state index in [0.717, 1.165) is 11.4 Å². The Balaban J connectivity index is 2.47. The number of carbonyl (C=O) groups excluding carboxylic acids is 1. The number of nitrogens with two attached hydrogens (primary N) is 1. The molecule has 1 amide bonds. The number of hydrogen-bond acceptors (Lipinski definition) is 3. The number of aliphatic imine (C=N–C) groups is 1. The van der Waals surface area contributed by atoms with Gasteiger partial charge in [0, 0.05) is 12.7 Å². The van der Waals surface area contributed by atoms with Crippen LogP contribution >= 0.6 is 0 Å². The van der Waals surface area contributed by atoms with Gasteiger partial charge in [-0.25, -0.2) is 0 Å². The average molecular weight is 231 g/mol. The molecule has 2 rings (SSSR count). The number of benzene rings is 1. The maximum Gasteiger partial charge on any atom is 0.230 e. The summed E-state index contributed by atoms with van der Waals surface area (Å²) in [6.07, 6.45) is 0.379. The maximum atomic E-state index is 11.9. The van der Waals surface area contributed by atoms with Crippen LogP contribution in [0.25, 0.3) is 0 Å². The Labute approximate surface area is 101 Å². The molecule has 0 radical (unpaired) electrons. The number of nitrogens with zero attached hydrogens (tertiary/aromatic N) is 2. The molecular formula is C13H17N3O. The number of carbonyl (C=O) groups is 1. The summed E-state index contributed by atoms with van der Waals surface area (Å²) in [6, 6.07) is 7.57. The van der Waals surface area contributed by atoms with Gasteiger partial charge < -0.3 is 10.6 Å². The van der Waals surface area contributed by atoms with E-state index in [9.17, 15) is 4.79 Å². The molecule has 1 atom stereocenters. The Kier molecular flexibility index (Phi) is 2.65. The average Bonchev–Trinajstić information content (AvgIpc) is 2.26. The molecule has 1 aromatic rings. The molecule has 1 aliphatic rings. The summed E-state index contributed by atoms with van der Waals surface area (Å²) in [5.41, 5.74) is 6.96. The molecule has 0 unspecified atom stereocenters. The minimum Gasteiger partial charge on any atom is -0.399 e. The van der Waals surface area contributed by atoms with E-state index in [1.807, 2.05) is 38.1 Å². The molecule has 0 bridgehead atoms. The van der Waals surface area contributed by atoms with Crippen molar-refractivity contribution in [2.75, 3.05) is 12.8 Å². The highest BCUT2D eigenvalue weighted by molar-refractivity contribution is 5.99. The molecule has 0 fully saturated rings. The minimum absolute atomic E-state index is 0.0856. The number of rotatable bonds is 1. The summed E-state index contributed by atoms with van der Waals surface area (Å²) < 4.78 is 0. The third kappa shape index (κ3) is 2.02. The number of amidine groups is 1. The summed E-state index contributed by atoms with van der Waals surface area (Å²) in [4.78, 5) is 18.1. The smallest absolute Gasteiger partial charge is 0.230 e. The summed E-state index contributed by atoms with van der Waals surface area (Å²) in [5.74, 6) is 0.827. The van der Waals surface area contributed by atoms with Crippen molar-refractivity contribution in [3.63, 3.8) is 0 Å². The molecular weight excluding hydrogens is 214 g/mol. The molecule has 0 spiro atoms. The van der Waals surface area contributed by atoms with Crippen molar-refractivity contribution in [3.8, 4) is 0 Å². The third-order valence-corrected chi connectivity index (χ3v) is 3.27. The van der Waals surface area contributed by atoms with Crippen molar-refractivity contribution in [3.05, 3.63) is 29.8 Å². The van der Waals surface area contributed by atoms with Crippen LogP contribution in [0.3, 0.4) is 0 Å². The predicted molar refractivity (Wildman–Crippen MR) is 68.7 cm³/mol. The first-order valence-electron chi connectivity index (χ1n) is 5.61. The molecule has 1 aliphatic heterocycles. The van der Waals surface area contributed by atoms with Crippen LogP contribution in [-0.4, -0.2) is 23.7 Å². The second-order valence-corrected chi connectivity index (χ2v) is 4.69. The van der Waals surface area contributed by atoms with Gasteiger partial charge in [-0.2, -0.15) is 0 Å². The molecule has 4 nitrogen and oxygen atoms in total. The molecule has 1 heterocycles. The number of hydrogen-bond donors (Lipinski definition) is 1. The van der Waals surface area contributed by atoms with Gasteiger partial charge >= 0.3 is 0 Å². The Bertz CT molecular complexity index is 495. The van der Waals surface area contributed by atoms with Crippen LogP contribution in [0.4, 0.5) is 5.69 Å². The largest absolute Gasteiger partial charge is 0.399 e. The zero-order valence-electron chi connectivity index (χ0n) is 10.4. The Hall–Kier alpha value is -1.84. The highest BCUT2D eigenvalue weighted by Gasteiger charge is 2.35. The first kappa shape index (κ1) is 11.6. The van der Waals surface area contributed by atoms with Crippen LogP contribution in [-0.2, 0) is 10.3 Å². The van der Waals surface area contributed by atoms with E-state index in [-0.39, 0.29) is 5.91 Å². The number of nitrogen functional groups attached to an aromatic ring is 1. The second kappa shape index (κ2) is 3.87. The van der Waals surface area contributed by atoms with Crippen molar-refractivity contribution >= 4 is 17.4 Å². The molecule has 0 saturated carbocycles. The quantitative estimate of drug-likeness (QED) is 0.749. The van der Waals surface area contributed by atoms with Gasteiger partial charge in [0.15, 0.2) is 0 Å². The summed E-state index contributed by atoms with van der Waals surface area (Å²) in [7, 11) is 1.75. The van der Waals surface area contributed by atoms with Crippen LogP contribution in [0.5, 0.6) is 0 Å². The molecule has 2 N–H and O–H groups in total. The van der Waals surface area contributed by atoms with Crippen molar-refractivity contribution in [1.82, 2.24) is 4.90 Å². The van der Waals surface area contributed by atoms with E-state index in [1.54, 1.807) is 11.9 Å². The SMILES string of the molecule is CC1=N[C@](C)(c2cccc(N)c2)CC(=O)N1C. The van der Waals surface area contributed by atoms with Crippen LogP contribution in [0, 0.1) is 0 Å². The Morgan fingerprint density at radius 1 is 1.47 bits per heavy atom. The monoisotopic (exact) mass is 231 g/mol. The van der Waals surface area contributed by atoms with E-state index in [0.29, 0.717) is 12.1 Å². The molecule has 0 aliphatic carbocycles. The van der Waals surface area contributed by atoms with Crippen LogP contribution < -0.4 is 5.73 Å². The first-order valence-corrected chi connectivity index (χ1v) is 5.61. The molecule has 4 heteroatoms. The molecule has 90 valence electrons. The van der Waals surface area contributed by atoms with Gasteiger partial charge in [-0.05, 0) is 31.5 Å². The van der Waals surface area contributed by atoms with Crippen LogP contribution in [0.2, 0.25) is 0 Å². The third-order valence-electron chi connectivity index (χ3n) is 3.27. The molecule has 17 heavy (non-hydrogen) atoms. The fourth-order valence-corrected chi connectivity index (χ4v) is 2.11. The van der Waals surface area contributed by atoms with E-state index < -0.39 is 5.54 Å². The van der Waals surface area contributed by atoms with Crippen molar-refractivity contribution < 1.29 is 4.79 Å². The van der Waals surface area contributed by atoms with E-state index in [4.69, 9.17) is 5.73 Å². The highest BCUT2D eigenvalue weighted by Crippen LogP contribution is 2.33. The fraction of sp³-hybridized carbons (Fsp3) is 0.385. The zero-order chi connectivity index (χ0) is 12.6. The van der Waals surface area contributed by atoms with Gasteiger partial charge in [0.2, 0.25) is 5.91 Å². The summed E-state index contributed by atoms with van der Waals surface area (Å²) >= 11 is 0. The van der Waals surface area contributed by atoms with Gasteiger partial charge in [0.25, 0.3) is 0 Å². The van der Waals surface area contributed by atoms with E-state index in [2.05, 4.69) is 4.99 Å². The van der Waals surface area contributed by atoms with Gasteiger partial charge in [-0.1, -0.05) is 12.1 Å². The molecule has 0 saturated heterocycles. The topological polar surface area (TPSA) is 58.7 Å². The van der Waals surface area contributed by atoms with Crippen molar-refractivity contribution in [1.29, 1.82) is 0 Å². The van der Waals surface area contributed by atoms with Gasteiger partial charge in [0.1, 0.15) is 5.84 Å². The number of amides is 1. The lowest BCUT2D eigenvalue weighted by atomic mass is 9.87. The molecule has 0 aromatic heterocycles. The van der Waals surface area contributed by atoms with Crippen LogP contribution in [0.1, 0.15) is 25.8 Å². The van der Waals surface area contributed by atoms with E-state index in [1.165, 1.54) is 0 Å². The van der Waals surface area contributed by atoms with Gasteiger partial charge in [0.05, 0.1) is 12.0 Å². The van der Waals surface area contributed by atoms with Crippen molar-refractivity contribution in [2.45, 2.75) is 25.8 Å². The lowest BCUT2D eigenvalue weighted by molar-refractivity contribution is -0.128. The highest BCUT2D eigenvalue weighted by atomic mass is 16.2. The second-order valence-electron chi connectivity index (χ2n) is 4.69. The summed E-state index contributed by atoms with van der Waals surface area (Å²) in [5, 5.41) is 0. The van der Waals surface area contributed by atoms with Crippen molar-refractivity contribution in [2.24, 2.45) is 4.99 Å². The zero-order valence-corrected chi connectivity index (χ0v) is 10.4. The van der Waals surface area contributed by atoms with Crippen LogP contribution in [0.15, 0.2) is 29.3 Å². The predicted octanol–water partition coefficient (Wildman–Crippen LogP) is 1.76. The fourth-order valence-electron chi connectivity index (χ4n) is 2.11. The Morgan fingerprint density at radius 2 is 2.18 bits per heavy atom. The number of anilines is 1. The van der Waals surface area contributed by atoms with Gasteiger partial charge in [-0.3, -0.25) is 9.79 Å². The van der Waals surface area contributed by atoms with Gasteiger partial charge in [-0.15, -0.1) is 0 Å². The first-order chi connectivity index (χ1) is 7.92. The normalized spacial score (nSPS) is 24.8.